The highest BCUT2D eigenvalue weighted by atomic mass is 19.1. The van der Waals surface area contributed by atoms with Gasteiger partial charge in [-0.15, -0.1) is 0 Å². The zero-order chi connectivity index (χ0) is 22.9. The van der Waals surface area contributed by atoms with Crippen LogP contribution in [-0.2, 0) is 0 Å². The molecule has 0 radical (unpaired) electrons. The van der Waals surface area contributed by atoms with Crippen LogP contribution in [0.3, 0.4) is 0 Å². The highest BCUT2D eigenvalue weighted by Gasteiger charge is 2.30. The Bertz CT molecular complexity index is 1100. The Morgan fingerprint density at radius 1 is 1.38 bits per heavy atom. The average Bonchev–Trinajstić information content (AvgIpc) is 3.38. The van der Waals surface area contributed by atoms with Crippen molar-refractivity contribution in [3.8, 4) is 11.3 Å². The zero-order valence-electron chi connectivity index (χ0n) is 18.0. The molecule has 1 aliphatic carbocycles. The van der Waals surface area contributed by atoms with Crippen molar-refractivity contribution in [1.29, 1.82) is 0 Å². The predicted molar refractivity (Wildman–Crippen MR) is 117 cm³/mol. The lowest BCUT2D eigenvalue weighted by Gasteiger charge is -2.23. The molecule has 0 spiro atoms. The normalized spacial score (nSPS) is 19.8. The molecule has 1 aliphatic rings. The first kappa shape index (κ1) is 22.1. The Morgan fingerprint density at radius 3 is 2.84 bits per heavy atom. The van der Waals surface area contributed by atoms with Crippen molar-refractivity contribution < 1.29 is 19.4 Å². The van der Waals surface area contributed by atoms with Gasteiger partial charge in [-0.2, -0.15) is 9.61 Å². The summed E-state index contributed by atoms with van der Waals surface area (Å²) in [6.45, 7) is 2.33. The number of aromatic nitrogens is 4. The van der Waals surface area contributed by atoms with Crippen molar-refractivity contribution >= 4 is 17.4 Å². The molecule has 1 saturated carbocycles. The molecule has 3 heterocycles. The number of carbonyl (C=O) groups is 1. The fraction of sp³-hybridized carbons (Fsp3) is 0.455. The van der Waals surface area contributed by atoms with Gasteiger partial charge in [0.15, 0.2) is 5.65 Å². The number of nitrogens with one attached hydrogen (secondary N) is 2. The summed E-state index contributed by atoms with van der Waals surface area (Å²) in [5.41, 5.74) is 0.520. The van der Waals surface area contributed by atoms with E-state index in [0.29, 0.717) is 23.6 Å². The summed E-state index contributed by atoms with van der Waals surface area (Å²) in [5, 5.41) is 30.5. The predicted octanol–water partition coefficient (Wildman–Crippen LogP) is 1.96. The number of anilines is 1. The minimum absolute atomic E-state index is 0.167. The third-order valence-corrected chi connectivity index (χ3v) is 5.70. The monoisotopic (exact) mass is 442 g/mol. The van der Waals surface area contributed by atoms with Crippen molar-refractivity contribution in [1.82, 2.24) is 24.9 Å². The third-order valence-electron chi connectivity index (χ3n) is 5.70. The van der Waals surface area contributed by atoms with Crippen LogP contribution in [0, 0.1) is 0 Å². The van der Waals surface area contributed by atoms with Crippen molar-refractivity contribution in [2.75, 3.05) is 11.9 Å². The van der Waals surface area contributed by atoms with Crippen LogP contribution in [0.15, 0.2) is 36.8 Å². The highest BCUT2D eigenvalue weighted by molar-refractivity contribution is 5.99. The summed E-state index contributed by atoms with van der Waals surface area (Å²) in [5.74, 6) is -0.188. The van der Waals surface area contributed by atoms with E-state index in [1.165, 1.54) is 24.6 Å². The smallest absolute Gasteiger partial charge is 0.256 e. The number of amides is 1. The molecule has 32 heavy (non-hydrogen) atoms. The Morgan fingerprint density at radius 2 is 2.19 bits per heavy atom. The number of alkyl halides is 1. The van der Waals surface area contributed by atoms with Gasteiger partial charge in [0.25, 0.3) is 5.91 Å². The van der Waals surface area contributed by atoms with Gasteiger partial charge in [0.1, 0.15) is 17.6 Å². The summed E-state index contributed by atoms with van der Waals surface area (Å²) in [6, 6.07) is 5.20. The van der Waals surface area contributed by atoms with E-state index in [-0.39, 0.29) is 18.2 Å². The topological polar surface area (TPSA) is 125 Å². The first-order valence-corrected chi connectivity index (χ1v) is 10.6. The van der Waals surface area contributed by atoms with E-state index in [2.05, 4.69) is 25.7 Å². The van der Waals surface area contributed by atoms with Gasteiger partial charge in [0.2, 0.25) is 0 Å². The molecule has 3 aromatic heterocycles. The standard InChI is InChI=1S/C22H27FN6O3/c1-22(2,32)18(23)12-26-21(31)14-11-25-19-9-16(13-5-4-8-24-10-13)28-29(19)20(14)27-15-6-3-7-17(15)30/h4-5,8-11,15,17-18,27,30,32H,3,6-7,12H2,1-2H3,(H,26,31)/t15-,17+,18?/m0/s1. The van der Waals surface area contributed by atoms with Gasteiger partial charge in [-0.1, -0.05) is 0 Å². The summed E-state index contributed by atoms with van der Waals surface area (Å²) in [4.78, 5) is 21.4. The van der Waals surface area contributed by atoms with Crippen LogP contribution in [0.25, 0.3) is 16.9 Å². The maximum atomic E-state index is 14.2. The number of carbonyl (C=O) groups excluding carboxylic acids is 1. The van der Waals surface area contributed by atoms with E-state index in [1.54, 1.807) is 24.5 Å². The van der Waals surface area contributed by atoms with E-state index >= 15 is 0 Å². The van der Waals surface area contributed by atoms with Crippen LogP contribution < -0.4 is 10.6 Å². The number of nitrogens with zero attached hydrogens (tertiary/aromatic N) is 4. The number of hydrogen-bond acceptors (Lipinski definition) is 7. The second-order valence-electron chi connectivity index (χ2n) is 8.64. The largest absolute Gasteiger partial charge is 0.391 e. The molecule has 3 aromatic rings. The third kappa shape index (κ3) is 4.56. The molecule has 4 N–H and O–H groups in total. The summed E-state index contributed by atoms with van der Waals surface area (Å²) >= 11 is 0. The van der Waals surface area contributed by atoms with Crippen LogP contribution in [-0.4, -0.2) is 66.2 Å². The van der Waals surface area contributed by atoms with Gasteiger partial charge in [0, 0.05) is 30.2 Å². The molecule has 0 bridgehead atoms. The Kier molecular flexibility index (Phi) is 6.07. The number of hydrogen-bond donors (Lipinski definition) is 4. The number of aliphatic hydroxyl groups is 2. The van der Waals surface area contributed by atoms with Gasteiger partial charge in [-0.05, 0) is 45.2 Å². The van der Waals surface area contributed by atoms with Gasteiger partial charge in [0.05, 0.1) is 30.0 Å². The maximum absolute atomic E-state index is 14.2. The summed E-state index contributed by atoms with van der Waals surface area (Å²) in [6.07, 6.45) is 4.84. The van der Waals surface area contributed by atoms with E-state index in [9.17, 15) is 19.4 Å². The summed E-state index contributed by atoms with van der Waals surface area (Å²) < 4.78 is 15.7. The van der Waals surface area contributed by atoms with Gasteiger partial charge < -0.3 is 20.8 Å². The number of halogens is 1. The molecule has 170 valence electrons. The minimum atomic E-state index is -1.64. The van der Waals surface area contributed by atoms with E-state index in [0.717, 1.165) is 18.4 Å². The SMILES string of the molecule is CC(C)(O)C(F)CNC(=O)c1cnc2cc(-c3cccnc3)nn2c1N[C@H]1CCC[C@H]1O. The molecule has 1 unspecified atom stereocenters. The van der Waals surface area contributed by atoms with Crippen molar-refractivity contribution in [2.45, 2.75) is 57.0 Å². The van der Waals surface area contributed by atoms with Crippen molar-refractivity contribution in [2.24, 2.45) is 0 Å². The first-order valence-electron chi connectivity index (χ1n) is 10.6. The van der Waals surface area contributed by atoms with Crippen LogP contribution in [0.4, 0.5) is 10.2 Å². The molecule has 1 amide bonds. The summed E-state index contributed by atoms with van der Waals surface area (Å²) in [7, 11) is 0. The molecule has 0 aliphatic heterocycles. The van der Waals surface area contributed by atoms with E-state index in [4.69, 9.17) is 0 Å². The van der Waals surface area contributed by atoms with E-state index < -0.39 is 23.8 Å². The van der Waals surface area contributed by atoms with Gasteiger partial charge in [-0.25, -0.2) is 9.37 Å². The lowest BCUT2D eigenvalue weighted by atomic mass is 10.0. The molecule has 0 aromatic carbocycles. The first-order chi connectivity index (χ1) is 15.2. The maximum Gasteiger partial charge on any atom is 0.256 e. The second-order valence-corrected chi connectivity index (χ2v) is 8.64. The van der Waals surface area contributed by atoms with Crippen LogP contribution >= 0.6 is 0 Å². The second kappa shape index (κ2) is 8.79. The molecule has 3 atom stereocenters. The van der Waals surface area contributed by atoms with Gasteiger partial charge >= 0.3 is 0 Å². The van der Waals surface area contributed by atoms with Crippen molar-refractivity contribution in [3.63, 3.8) is 0 Å². The molecular formula is C22H27FN6O3. The molecule has 10 heteroatoms. The van der Waals surface area contributed by atoms with Gasteiger partial charge in [-0.3, -0.25) is 9.78 Å². The van der Waals surface area contributed by atoms with E-state index in [1.807, 2.05) is 6.07 Å². The fourth-order valence-electron chi connectivity index (χ4n) is 3.71. The minimum Gasteiger partial charge on any atom is -0.391 e. The number of pyridine rings is 1. The van der Waals surface area contributed by atoms with Crippen molar-refractivity contribution in [3.05, 3.63) is 42.4 Å². The Hall–Kier alpha value is -3.11. The number of fused-ring (bicyclic) bond motifs is 1. The average molecular weight is 442 g/mol. The molecule has 9 nitrogen and oxygen atoms in total. The molecule has 1 fully saturated rings. The zero-order valence-corrected chi connectivity index (χ0v) is 18.0. The lowest BCUT2D eigenvalue weighted by molar-refractivity contribution is -0.00178. The Labute approximate surface area is 184 Å². The van der Waals surface area contributed by atoms with Crippen LogP contribution in [0.2, 0.25) is 0 Å². The molecule has 0 saturated heterocycles. The quantitative estimate of drug-likeness (QED) is 0.441. The number of rotatable bonds is 7. The Balaban J connectivity index is 1.70. The highest BCUT2D eigenvalue weighted by Crippen LogP contribution is 2.27. The van der Waals surface area contributed by atoms with Crippen LogP contribution in [0.5, 0.6) is 0 Å². The fourth-order valence-corrected chi connectivity index (χ4v) is 3.71. The molecule has 4 rings (SSSR count). The molecular weight excluding hydrogens is 415 g/mol. The van der Waals surface area contributed by atoms with Crippen LogP contribution in [0.1, 0.15) is 43.5 Å². The lowest BCUT2D eigenvalue weighted by Crippen LogP contribution is -2.42. The number of aliphatic hydroxyl groups excluding tert-OH is 1.